The minimum absolute atomic E-state index is 0.221. The summed E-state index contributed by atoms with van der Waals surface area (Å²) in [5.41, 5.74) is 1.35. The number of hydrogen-bond donors (Lipinski definition) is 1. The van der Waals surface area contributed by atoms with Crippen LogP contribution in [0.4, 0.5) is 10.2 Å². The molecule has 0 unspecified atom stereocenters. The number of hydrogen-bond acceptors (Lipinski definition) is 5. The monoisotopic (exact) mass is 410 g/mol. The Kier molecular flexibility index (Phi) is 6.14. The summed E-state index contributed by atoms with van der Waals surface area (Å²) in [5.74, 6) is 0.435. The molecule has 0 bridgehead atoms. The zero-order chi connectivity index (χ0) is 20.1. The molecule has 1 aromatic carbocycles. The number of amides is 1. The Bertz CT molecular complexity index is 965. The Morgan fingerprint density at radius 2 is 1.83 bits per heavy atom. The molecule has 2 aromatic heterocycles. The standard InChI is InChI=1S/C22H23FN4OS/c23-18-8-4-3-7-17(18)22-26-15-19(29-22)21(28)25-14-16-9-10-20(24-13-16)27-11-5-1-2-6-12-27/h3-4,7-10,13,15H,1-2,5-6,11-12,14H2,(H,25,28). The number of nitrogens with zero attached hydrogens (tertiary/aromatic N) is 3. The zero-order valence-electron chi connectivity index (χ0n) is 16.1. The minimum atomic E-state index is -0.343. The number of rotatable bonds is 5. The molecule has 1 N–H and O–H groups in total. The average molecular weight is 411 g/mol. The van der Waals surface area contributed by atoms with E-state index in [9.17, 15) is 9.18 Å². The van der Waals surface area contributed by atoms with E-state index in [1.807, 2.05) is 18.3 Å². The second kappa shape index (κ2) is 9.13. The summed E-state index contributed by atoms with van der Waals surface area (Å²) in [6.07, 6.45) is 8.31. The minimum Gasteiger partial charge on any atom is -0.357 e. The van der Waals surface area contributed by atoms with Gasteiger partial charge in [-0.1, -0.05) is 31.0 Å². The van der Waals surface area contributed by atoms with Crippen LogP contribution in [0.5, 0.6) is 0 Å². The first kappa shape index (κ1) is 19.5. The third kappa shape index (κ3) is 4.79. The molecule has 3 aromatic rings. The van der Waals surface area contributed by atoms with Gasteiger partial charge in [-0.25, -0.2) is 14.4 Å². The van der Waals surface area contributed by atoms with Gasteiger partial charge in [-0.05, 0) is 36.6 Å². The van der Waals surface area contributed by atoms with Gasteiger partial charge in [-0.3, -0.25) is 4.79 Å². The lowest BCUT2D eigenvalue weighted by Crippen LogP contribution is -2.25. The van der Waals surface area contributed by atoms with Gasteiger partial charge in [0.1, 0.15) is 21.5 Å². The molecule has 0 atom stereocenters. The number of carbonyl (C=O) groups excluding carboxylic acids is 1. The summed E-state index contributed by atoms with van der Waals surface area (Å²) in [6.45, 7) is 2.50. The van der Waals surface area contributed by atoms with Gasteiger partial charge in [0.15, 0.2) is 0 Å². The molecule has 29 heavy (non-hydrogen) atoms. The average Bonchev–Trinajstić information content (AvgIpc) is 3.08. The molecule has 0 spiro atoms. The van der Waals surface area contributed by atoms with E-state index < -0.39 is 0 Å². The molecule has 7 heteroatoms. The van der Waals surface area contributed by atoms with Gasteiger partial charge in [-0.2, -0.15) is 0 Å². The molecular weight excluding hydrogens is 387 g/mol. The molecule has 1 aliphatic rings. The van der Waals surface area contributed by atoms with Crippen molar-refractivity contribution >= 4 is 23.1 Å². The lowest BCUT2D eigenvalue weighted by atomic mass is 10.2. The van der Waals surface area contributed by atoms with Gasteiger partial charge in [0.2, 0.25) is 0 Å². The van der Waals surface area contributed by atoms with E-state index in [1.54, 1.807) is 18.2 Å². The molecule has 1 amide bonds. The van der Waals surface area contributed by atoms with Gasteiger partial charge < -0.3 is 10.2 Å². The largest absolute Gasteiger partial charge is 0.357 e. The number of carbonyl (C=O) groups is 1. The van der Waals surface area contributed by atoms with E-state index in [-0.39, 0.29) is 11.7 Å². The van der Waals surface area contributed by atoms with E-state index in [0.29, 0.717) is 22.0 Å². The Balaban J connectivity index is 1.35. The highest BCUT2D eigenvalue weighted by Crippen LogP contribution is 2.27. The van der Waals surface area contributed by atoms with E-state index in [4.69, 9.17) is 0 Å². The summed E-state index contributed by atoms with van der Waals surface area (Å²) in [6, 6.07) is 10.5. The van der Waals surface area contributed by atoms with Crippen LogP contribution in [0.3, 0.4) is 0 Å². The molecule has 3 heterocycles. The molecule has 1 fully saturated rings. The van der Waals surface area contributed by atoms with Crippen molar-refractivity contribution in [1.29, 1.82) is 0 Å². The highest BCUT2D eigenvalue weighted by atomic mass is 32.1. The van der Waals surface area contributed by atoms with Crippen molar-refractivity contribution in [3.8, 4) is 10.6 Å². The number of benzene rings is 1. The molecule has 4 rings (SSSR count). The Morgan fingerprint density at radius 3 is 2.55 bits per heavy atom. The second-order valence-corrected chi connectivity index (χ2v) is 8.15. The molecule has 0 radical (unpaired) electrons. The fraction of sp³-hybridized carbons (Fsp3) is 0.318. The first-order valence-corrected chi connectivity index (χ1v) is 10.7. The Hall–Kier alpha value is -2.80. The molecule has 1 aliphatic heterocycles. The number of anilines is 1. The Labute approximate surface area is 173 Å². The van der Waals surface area contributed by atoms with E-state index in [1.165, 1.54) is 49.3 Å². The van der Waals surface area contributed by atoms with Gasteiger partial charge in [-0.15, -0.1) is 11.3 Å². The van der Waals surface area contributed by atoms with Crippen molar-refractivity contribution in [2.45, 2.75) is 32.2 Å². The third-order valence-electron chi connectivity index (χ3n) is 5.03. The van der Waals surface area contributed by atoms with Crippen LogP contribution in [-0.4, -0.2) is 29.0 Å². The van der Waals surface area contributed by atoms with Crippen LogP contribution < -0.4 is 10.2 Å². The summed E-state index contributed by atoms with van der Waals surface area (Å²) < 4.78 is 13.9. The van der Waals surface area contributed by atoms with Gasteiger partial charge >= 0.3 is 0 Å². The van der Waals surface area contributed by atoms with Gasteiger partial charge in [0, 0.05) is 31.4 Å². The fourth-order valence-electron chi connectivity index (χ4n) is 3.42. The van der Waals surface area contributed by atoms with Crippen molar-refractivity contribution < 1.29 is 9.18 Å². The lowest BCUT2D eigenvalue weighted by Gasteiger charge is -2.21. The molecule has 5 nitrogen and oxygen atoms in total. The number of thiazole rings is 1. The van der Waals surface area contributed by atoms with Crippen molar-refractivity contribution in [3.63, 3.8) is 0 Å². The highest BCUT2D eigenvalue weighted by Gasteiger charge is 2.14. The predicted molar refractivity (Wildman–Crippen MR) is 114 cm³/mol. The van der Waals surface area contributed by atoms with Gasteiger partial charge in [0.05, 0.1) is 6.20 Å². The number of halogens is 1. The van der Waals surface area contributed by atoms with Crippen LogP contribution in [0.2, 0.25) is 0 Å². The van der Waals surface area contributed by atoms with Crippen molar-refractivity contribution in [3.05, 3.63) is 65.0 Å². The number of nitrogens with one attached hydrogen (secondary N) is 1. The maximum absolute atomic E-state index is 13.9. The quantitative estimate of drug-likeness (QED) is 0.665. The van der Waals surface area contributed by atoms with Crippen molar-refractivity contribution in [1.82, 2.24) is 15.3 Å². The number of aromatic nitrogens is 2. The van der Waals surface area contributed by atoms with Crippen molar-refractivity contribution in [2.75, 3.05) is 18.0 Å². The van der Waals surface area contributed by atoms with E-state index in [0.717, 1.165) is 24.5 Å². The summed E-state index contributed by atoms with van der Waals surface area (Å²) >= 11 is 1.18. The van der Waals surface area contributed by atoms with Crippen LogP contribution in [0, 0.1) is 5.82 Å². The highest BCUT2D eigenvalue weighted by molar-refractivity contribution is 7.16. The second-order valence-electron chi connectivity index (χ2n) is 7.12. The SMILES string of the molecule is O=C(NCc1ccc(N2CCCCCC2)nc1)c1cnc(-c2ccccc2F)s1. The van der Waals surface area contributed by atoms with Crippen LogP contribution in [0.1, 0.15) is 40.9 Å². The Morgan fingerprint density at radius 1 is 1.03 bits per heavy atom. The maximum Gasteiger partial charge on any atom is 0.263 e. The summed E-state index contributed by atoms with van der Waals surface area (Å²) in [5, 5.41) is 3.38. The number of pyridine rings is 1. The summed E-state index contributed by atoms with van der Waals surface area (Å²) in [7, 11) is 0. The van der Waals surface area contributed by atoms with Gasteiger partial charge in [0.25, 0.3) is 5.91 Å². The molecule has 1 saturated heterocycles. The van der Waals surface area contributed by atoms with Crippen LogP contribution >= 0.6 is 11.3 Å². The molecule has 150 valence electrons. The zero-order valence-corrected chi connectivity index (χ0v) is 16.9. The van der Waals surface area contributed by atoms with E-state index >= 15 is 0 Å². The third-order valence-corrected chi connectivity index (χ3v) is 6.06. The molecule has 0 aliphatic carbocycles. The van der Waals surface area contributed by atoms with Crippen LogP contribution in [0.15, 0.2) is 48.8 Å². The predicted octanol–water partition coefficient (Wildman–Crippen LogP) is 4.65. The van der Waals surface area contributed by atoms with E-state index in [2.05, 4.69) is 20.2 Å². The van der Waals surface area contributed by atoms with Crippen LogP contribution in [0.25, 0.3) is 10.6 Å². The summed E-state index contributed by atoms with van der Waals surface area (Å²) in [4.78, 5) is 24.0. The first-order valence-electron chi connectivity index (χ1n) is 9.89. The molecular formula is C22H23FN4OS. The topological polar surface area (TPSA) is 58.1 Å². The first-order chi connectivity index (χ1) is 14.2. The normalized spacial score (nSPS) is 14.4. The lowest BCUT2D eigenvalue weighted by molar-refractivity contribution is 0.0954. The smallest absolute Gasteiger partial charge is 0.263 e. The van der Waals surface area contributed by atoms with Crippen LogP contribution in [-0.2, 0) is 6.54 Å². The van der Waals surface area contributed by atoms with Crippen molar-refractivity contribution in [2.24, 2.45) is 0 Å². The fourth-order valence-corrected chi connectivity index (χ4v) is 4.28. The molecule has 0 saturated carbocycles. The maximum atomic E-state index is 13.9.